The molecule has 0 spiro atoms. The summed E-state index contributed by atoms with van der Waals surface area (Å²) in [6.07, 6.45) is 7.44. The van der Waals surface area contributed by atoms with Crippen molar-refractivity contribution in [3.05, 3.63) is 59.5 Å². The molecule has 25 heavy (non-hydrogen) atoms. The van der Waals surface area contributed by atoms with Crippen LogP contribution in [0.3, 0.4) is 0 Å². The van der Waals surface area contributed by atoms with E-state index < -0.39 is 0 Å². The van der Waals surface area contributed by atoms with E-state index in [1.165, 1.54) is 35.0 Å². The zero-order valence-corrected chi connectivity index (χ0v) is 15.3. The number of hydrogen-bond acceptors (Lipinski definition) is 3. The van der Waals surface area contributed by atoms with E-state index in [1.807, 2.05) is 12.3 Å². The summed E-state index contributed by atoms with van der Waals surface area (Å²) >= 11 is 0. The van der Waals surface area contributed by atoms with Gasteiger partial charge in [-0.3, -0.25) is 9.67 Å². The number of hydrogen-bond donors (Lipinski definition) is 1. The second kappa shape index (κ2) is 6.26. The van der Waals surface area contributed by atoms with Crippen LogP contribution in [0.1, 0.15) is 56.5 Å². The van der Waals surface area contributed by atoms with Crippen LogP contribution in [-0.2, 0) is 18.5 Å². The van der Waals surface area contributed by atoms with Gasteiger partial charge >= 0.3 is 0 Å². The summed E-state index contributed by atoms with van der Waals surface area (Å²) in [4.78, 5) is 4.57. The Balaban J connectivity index is 1.58. The van der Waals surface area contributed by atoms with E-state index in [4.69, 9.17) is 0 Å². The lowest BCUT2D eigenvalue weighted by Crippen LogP contribution is -2.29. The van der Waals surface area contributed by atoms with Gasteiger partial charge in [-0.25, -0.2) is 0 Å². The molecule has 4 nitrogen and oxygen atoms in total. The number of nitrogens with zero attached hydrogens (tertiary/aromatic N) is 3. The Morgan fingerprint density at radius 3 is 2.88 bits per heavy atom. The first kappa shape index (κ1) is 16.3. The third-order valence-corrected chi connectivity index (χ3v) is 5.07. The topological polar surface area (TPSA) is 42.7 Å². The van der Waals surface area contributed by atoms with Crippen molar-refractivity contribution in [2.24, 2.45) is 0 Å². The number of benzene rings is 1. The number of para-hydroxylation sites is 1. The number of aromatic nitrogens is 3. The van der Waals surface area contributed by atoms with Crippen molar-refractivity contribution in [1.82, 2.24) is 20.1 Å². The van der Waals surface area contributed by atoms with Crippen LogP contribution in [0, 0.1) is 0 Å². The Morgan fingerprint density at radius 1 is 1.20 bits per heavy atom. The molecule has 0 amide bonds. The zero-order valence-electron chi connectivity index (χ0n) is 15.3. The summed E-state index contributed by atoms with van der Waals surface area (Å²) < 4.78 is 2.20. The van der Waals surface area contributed by atoms with Gasteiger partial charge in [-0.1, -0.05) is 24.3 Å². The van der Waals surface area contributed by atoms with Crippen molar-refractivity contribution in [2.75, 3.05) is 0 Å². The van der Waals surface area contributed by atoms with Gasteiger partial charge in [-0.2, -0.15) is 5.10 Å². The highest BCUT2D eigenvalue weighted by Gasteiger charge is 2.27. The number of fused-ring (bicyclic) bond motifs is 2. The third kappa shape index (κ3) is 3.07. The Morgan fingerprint density at radius 2 is 2.04 bits per heavy atom. The first-order chi connectivity index (χ1) is 12.0. The zero-order chi connectivity index (χ0) is 17.4. The molecule has 130 valence electrons. The molecule has 1 atom stereocenters. The van der Waals surface area contributed by atoms with Gasteiger partial charge in [0.1, 0.15) is 0 Å². The molecule has 3 aromatic rings. The second-order valence-electron chi connectivity index (χ2n) is 7.95. The normalized spacial score (nSPS) is 17.6. The lowest BCUT2D eigenvalue weighted by Gasteiger charge is -2.28. The number of rotatable bonds is 3. The minimum Gasteiger partial charge on any atom is -0.306 e. The molecule has 0 fully saturated rings. The summed E-state index contributed by atoms with van der Waals surface area (Å²) in [6, 6.07) is 10.9. The van der Waals surface area contributed by atoms with Gasteiger partial charge in [-0.05, 0) is 51.7 Å². The van der Waals surface area contributed by atoms with Crippen LogP contribution in [0.4, 0.5) is 0 Å². The molecular formula is C21H26N4. The molecule has 2 aromatic heterocycles. The van der Waals surface area contributed by atoms with Gasteiger partial charge < -0.3 is 5.32 Å². The Bertz CT molecular complexity index is 883. The number of nitrogens with one attached hydrogen (secondary N) is 1. The Kier molecular flexibility index (Phi) is 4.08. The highest BCUT2D eigenvalue weighted by molar-refractivity contribution is 5.81. The maximum absolute atomic E-state index is 4.69. The molecule has 0 radical (unpaired) electrons. The molecule has 2 heterocycles. The molecule has 1 N–H and O–H groups in total. The quantitative estimate of drug-likeness (QED) is 0.774. The van der Waals surface area contributed by atoms with Crippen LogP contribution in [0.5, 0.6) is 0 Å². The van der Waals surface area contributed by atoms with E-state index in [9.17, 15) is 0 Å². The van der Waals surface area contributed by atoms with Crippen LogP contribution in [0.25, 0.3) is 10.9 Å². The van der Waals surface area contributed by atoms with E-state index in [2.05, 4.69) is 71.3 Å². The molecule has 1 aromatic carbocycles. The molecule has 0 bridgehead atoms. The lowest BCUT2D eigenvalue weighted by molar-refractivity contribution is 0.334. The molecule has 1 aliphatic carbocycles. The van der Waals surface area contributed by atoms with Gasteiger partial charge in [0.25, 0.3) is 0 Å². The molecule has 0 unspecified atom stereocenters. The van der Waals surface area contributed by atoms with Gasteiger partial charge in [0.15, 0.2) is 0 Å². The summed E-state index contributed by atoms with van der Waals surface area (Å²) in [5, 5.41) is 9.65. The molecule has 0 saturated heterocycles. The van der Waals surface area contributed by atoms with Gasteiger partial charge in [0, 0.05) is 35.4 Å². The lowest BCUT2D eigenvalue weighted by atomic mass is 9.92. The summed E-state index contributed by atoms with van der Waals surface area (Å²) in [5.41, 5.74) is 5.16. The molecule has 4 heteroatoms. The van der Waals surface area contributed by atoms with Crippen molar-refractivity contribution >= 4 is 10.9 Å². The Labute approximate surface area is 149 Å². The maximum Gasteiger partial charge on any atom is 0.0746 e. The maximum atomic E-state index is 4.69. The largest absolute Gasteiger partial charge is 0.306 e. The highest BCUT2D eigenvalue weighted by Crippen LogP contribution is 2.32. The van der Waals surface area contributed by atoms with Crippen molar-refractivity contribution in [1.29, 1.82) is 0 Å². The summed E-state index contributed by atoms with van der Waals surface area (Å²) in [5.74, 6) is 0. The molecule has 0 aliphatic heterocycles. The average Bonchev–Trinajstić information content (AvgIpc) is 3.05. The van der Waals surface area contributed by atoms with E-state index in [1.54, 1.807) is 0 Å². The van der Waals surface area contributed by atoms with Crippen LogP contribution >= 0.6 is 0 Å². The molecule has 0 saturated carbocycles. The fourth-order valence-corrected chi connectivity index (χ4v) is 3.89. The molecular weight excluding hydrogens is 308 g/mol. The van der Waals surface area contributed by atoms with E-state index in [-0.39, 0.29) is 5.54 Å². The van der Waals surface area contributed by atoms with Gasteiger partial charge in [0.05, 0.1) is 17.3 Å². The summed E-state index contributed by atoms with van der Waals surface area (Å²) in [6.45, 7) is 7.50. The van der Waals surface area contributed by atoms with Crippen LogP contribution in [0.15, 0.2) is 42.7 Å². The van der Waals surface area contributed by atoms with Crippen LogP contribution in [-0.4, -0.2) is 14.8 Å². The third-order valence-electron chi connectivity index (χ3n) is 5.07. The number of pyridine rings is 1. The standard InChI is InChI=1S/C21H26N4/c1-21(2,3)25-19-11-5-10-18(17(19)14-24-25)23-13-16-8-4-7-15-9-6-12-22-20(15)16/h4,6-9,12,14,18,23H,5,10-11,13H2,1-3H3/t18-/m1/s1. The predicted octanol–water partition coefficient (Wildman–Crippen LogP) is 4.35. The molecule has 1 aliphatic rings. The SMILES string of the molecule is CC(C)(C)n1ncc2c1CCC[C@H]2NCc1cccc2cccnc12. The molecule has 4 rings (SSSR count). The van der Waals surface area contributed by atoms with Gasteiger partial charge in [0.2, 0.25) is 0 Å². The van der Waals surface area contributed by atoms with Crippen molar-refractivity contribution in [3.63, 3.8) is 0 Å². The van der Waals surface area contributed by atoms with Crippen molar-refractivity contribution in [2.45, 2.75) is 58.2 Å². The monoisotopic (exact) mass is 334 g/mol. The fourth-order valence-electron chi connectivity index (χ4n) is 3.89. The minimum absolute atomic E-state index is 0.0367. The summed E-state index contributed by atoms with van der Waals surface area (Å²) in [7, 11) is 0. The van der Waals surface area contributed by atoms with E-state index in [0.717, 1.165) is 18.5 Å². The van der Waals surface area contributed by atoms with Gasteiger partial charge in [-0.15, -0.1) is 0 Å². The average molecular weight is 334 g/mol. The first-order valence-corrected chi connectivity index (χ1v) is 9.17. The van der Waals surface area contributed by atoms with Crippen LogP contribution in [0.2, 0.25) is 0 Å². The van der Waals surface area contributed by atoms with Crippen molar-refractivity contribution in [3.8, 4) is 0 Å². The Hall–Kier alpha value is -2.20. The smallest absolute Gasteiger partial charge is 0.0746 e. The van der Waals surface area contributed by atoms with Crippen molar-refractivity contribution < 1.29 is 0 Å². The fraction of sp³-hybridized carbons (Fsp3) is 0.429. The highest BCUT2D eigenvalue weighted by atomic mass is 15.3. The minimum atomic E-state index is 0.0367. The first-order valence-electron chi connectivity index (χ1n) is 9.17. The predicted molar refractivity (Wildman–Crippen MR) is 101 cm³/mol. The van der Waals surface area contributed by atoms with E-state index >= 15 is 0 Å². The van der Waals surface area contributed by atoms with Crippen LogP contribution < -0.4 is 5.32 Å². The second-order valence-corrected chi connectivity index (χ2v) is 7.95. The van der Waals surface area contributed by atoms with E-state index in [0.29, 0.717) is 6.04 Å².